The summed E-state index contributed by atoms with van der Waals surface area (Å²) in [5.74, 6) is -2.93. The summed E-state index contributed by atoms with van der Waals surface area (Å²) in [6.45, 7) is 2.59. The van der Waals surface area contributed by atoms with Gasteiger partial charge in [0, 0.05) is 24.2 Å². The van der Waals surface area contributed by atoms with Crippen molar-refractivity contribution in [2.24, 2.45) is 0 Å². The van der Waals surface area contributed by atoms with E-state index >= 15 is 0 Å². The van der Waals surface area contributed by atoms with Crippen LogP contribution in [-0.4, -0.2) is 26.6 Å². The van der Waals surface area contributed by atoms with Gasteiger partial charge in [0.2, 0.25) is 5.82 Å². The number of hydrogen-bond acceptors (Lipinski definition) is 3. The Morgan fingerprint density at radius 1 is 1.04 bits per heavy atom. The number of benzene rings is 2. The number of hydrogen-bond donors (Lipinski definition) is 0. The van der Waals surface area contributed by atoms with Crippen LogP contribution in [0, 0.1) is 17.5 Å². The first-order valence-electron chi connectivity index (χ1n) is 9.10. The maximum Gasteiger partial charge on any atom is 0.201 e. The summed E-state index contributed by atoms with van der Waals surface area (Å²) in [5, 5.41) is 0. The molecule has 2 unspecified atom stereocenters. The van der Waals surface area contributed by atoms with Crippen LogP contribution in [0.3, 0.4) is 0 Å². The second-order valence-electron chi connectivity index (χ2n) is 6.60. The molecule has 2 atom stereocenters. The van der Waals surface area contributed by atoms with Crippen molar-refractivity contribution in [3.8, 4) is 16.9 Å². The van der Waals surface area contributed by atoms with E-state index < -0.39 is 17.5 Å². The Bertz CT molecular complexity index is 786. The van der Waals surface area contributed by atoms with Crippen LogP contribution in [0.4, 0.5) is 13.2 Å². The van der Waals surface area contributed by atoms with Crippen LogP contribution in [0.5, 0.6) is 5.75 Å². The fourth-order valence-corrected chi connectivity index (χ4v) is 3.24. The molecule has 3 nitrogen and oxygen atoms in total. The van der Waals surface area contributed by atoms with Crippen LogP contribution in [-0.2, 0) is 9.47 Å². The van der Waals surface area contributed by atoms with E-state index in [1.807, 2.05) is 6.92 Å². The fourth-order valence-electron chi connectivity index (χ4n) is 3.24. The van der Waals surface area contributed by atoms with Crippen molar-refractivity contribution in [1.29, 1.82) is 0 Å². The van der Waals surface area contributed by atoms with Gasteiger partial charge in [0.25, 0.3) is 0 Å². The Morgan fingerprint density at radius 2 is 1.81 bits per heavy atom. The molecule has 0 N–H and O–H groups in total. The number of rotatable bonds is 6. The standard InChI is InChI=1S/C21H23F3O3/c1-3-10-26-18-8-7-16(20(23)21(18)24)15-6-4-13(11-17(15)22)14-5-9-19(25-2)27-12-14/h4,6-8,11,14,19H,3,5,9-10,12H2,1-2H3. The van der Waals surface area contributed by atoms with E-state index in [9.17, 15) is 13.2 Å². The topological polar surface area (TPSA) is 27.7 Å². The Morgan fingerprint density at radius 3 is 2.44 bits per heavy atom. The van der Waals surface area contributed by atoms with Crippen molar-refractivity contribution < 1.29 is 27.4 Å². The molecule has 146 valence electrons. The highest BCUT2D eigenvalue weighted by Gasteiger charge is 2.24. The van der Waals surface area contributed by atoms with E-state index in [-0.39, 0.29) is 35.7 Å². The van der Waals surface area contributed by atoms with Crippen molar-refractivity contribution in [3.63, 3.8) is 0 Å². The summed E-state index contributed by atoms with van der Waals surface area (Å²) in [5.41, 5.74) is 0.665. The van der Waals surface area contributed by atoms with Gasteiger partial charge in [-0.25, -0.2) is 8.78 Å². The van der Waals surface area contributed by atoms with Crippen LogP contribution in [0.2, 0.25) is 0 Å². The van der Waals surface area contributed by atoms with Crippen molar-refractivity contribution >= 4 is 0 Å². The zero-order chi connectivity index (χ0) is 19.4. The summed E-state index contributed by atoms with van der Waals surface area (Å²) in [6.07, 6.45) is 1.98. The van der Waals surface area contributed by atoms with Crippen molar-refractivity contribution in [3.05, 3.63) is 53.3 Å². The highest BCUT2D eigenvalue weighted by molar-refractivity contribution is 5.66. The van der Waals surface area contributed by atoms with Gasteiger partial charge in [0.1, 0.15) is 5.82 Å². The molecule has 0 amide bonds. The summed E-state index contributed by atoms with van der Waals surface area (Å²) >= 11 is 0. The molecule has 0 saturated carbocycles. The molecule has 1 fully saturated rings. The molecule has 0 spiro atoms. The van der Waals surface area contributed by atoms with E-state index in [4.69, 9.17) is 14.2 Å². The van der Waals surface area contributed by atoms with Crippen molar-refractivity contribution in [2.75, 3.05) is 20.3 Å². The third-order valence-electron chi connectivity index (χ3n) is 4.76. The number of halogens is 3. The molecule has 1 heterocycles. The molecule has 0 aromatic heterocycles. The first-order valence-corrected chi connectivity index (χ1v) is 9.10. The molecule has 1 aliphatic heterocycles. The maximum absolute atomic E-state index is 14.7. The minimum absolute atomic E-state index is 0.0173. The normalized spacial score (nSPS) is 19.9. The summed E-state index contributed by atoms with van der Waals surface area (Å²) in [4.78, 5) is 0. The Balaban J connectivity index is 1.83. The van der Waals surface area contributed by atoms with Crippen molar-refractivity contribution in [1.82, 2.24) is 0 Å². The predicted octanol–water partition coefficient (Wildman–Crippen LogP) is 5.43. The van der Waals surface area contributed by atoms with Crippen LogP contribution in [0.1, 0.15) is 37.7 Å². The Kier molecular flexibility index (Phi) is 6.39. The molecule has 27 heavy (non-hydrogen) atoms. The zero-order valence-electron chi connectivity index (χ0n) is 15.4. The second-order valence-corrected chi connectivity index (χ2v) is 6.60. The average Bonchev–Trinajstić information content (AvgIpc) is 2.69. The zero-order valence-corrected chi connectivity index (χ0v) is 15.4. The molecule has 1 saturated heterocycles. The molecule has 6 heteroatoms. The lowest BCUT2D eigenvalue weighted by Gasteiger charge is -2.28. The molecule has 0 aliphatic carbocycles. The summed E-state index contributed by atoms with van der Waals surface area (Å²) < 4.78 is 59.2. The maximum atomic E-state index is 14.7. The largest absolute Gasteiger partial charge is 0.490 e. The average molecular weight is 380 g/mol. The van der Waals surface area contributed by atoms with Crippen LogP contribution in [0.15, 0.2) is 30.3 Å². The lowest BCUT2D eigenvalue weighted by Crippen LogP contribution is -2.26. The highest BCUT2D eigenvalue weighted by Crippen LogP contribution is 2.34. The van der Waals surface area contributed by atoms with Gasteiger partial charge < -0.3 is 14.2 Å². The molecule has 2 aromatic rings. The lowest BCUT2D eigenvalue weighted by atomic mass is 9.91. The van der Waals surface area contributed by atoms with Gasteiger partial charge in [-0.2, -0.15) is 4.39 Å². The monoisotopic (exact) mass is 380 g/mol. The van der Waals surface area contributed by atoms with Gasteiger partial charge in [-0.3, -0.25) is 0 Å². The van der Waals surface area contributed by atoms with Gasteiger partial charge in [0.05, 0.1) is 13.2 Å². The quantitative estimate of drug-likeness (QED) is 0.669. The van der Waals surface area contributed by atoms with Crippen LogP contribution in [0.25, 0.3) is 11.1 Å². The molecule has 3 rings (SSSR count). The summed E-state index contributed by atoms with van der Waals surface area (Å²) in [7, 11) is 1.59. The van der Waals surface area contributed by atoms with E-state index in [2.05, 4.69) is 0 Å². The van der Waals surface area contributed by atoms with Gasteiger partial charge >= 0.3 is 0 Å². The predicted molar refractivity (Wildman–Crippen MR) is 96.3 cm³/mol. The van der Waals surface area contributed by atoms with Crippen molar-refractivity contribution in [2.45, 2.75) is 38.4 Å². The number of ether oxygens (including phenoxy) is 3. The van der Waals surface area contributed by atoms with E-state index in [0.717, 1.165) is 18.4 Å². The smallest absolute Gasteiger partial charge is 0.201 e. The Labute approximate surface area is 157 Å². The molecule has 2 aromatic carbocycles. The minimum Gasteiger partial charge on any atom is -0.490 e. The first kappa shape index (κ1) is 19.7. The van der Waals surface area contributed by atoms with Gasteiger partial charge in [-0.05, 0) is 43.0 Å². The molecular weight excluding hydrogens is 357 g/mol. The van der Waals surface area contributed by atoms with Gasteiger partial charge in [0.15, 0.2) is 17.9 Å². The molecule has 1 aliphatic rings. The van der Waals surface area contributed by atoms with Gasteiger partial charge in [-0.1, -0.05) is 19.1 Å². The van der Waals surface area contributed by atoms with E-state index in [0.29, 0.717) is 13.0 Å². The molecule has 0 radical (unpaired) electrons. The second kappa shape index (κ2) is 8.76. The fraction of sp³-hybridized carbons (Fsp3) is 0.429. The van der Waals surface area contributed by atoms with E-state index in [1.54, 1.807) is 13.2 Å². The third kappa shape index (κ3) is 4.28. The van der Waals surface area contributed by atoms with Gasteiger partial charge in [-0.15, -0.1) is 0 Å². The number of methoxy groups -OCH3 is 1. The molecule has 0 bridgehead atoms. The molecular formula is C21H23F3O3. The third-order valence-corrected chi connectivity index (χ3v) is 4.76. The summed E-state index contributed by atoms with van der Waals surface area (Å²) in [6, 6.07) is 7.26. The SMILES string of the molecule is CCCOc1ccc(-c2ccc(C3CCC(OC)OC3)cc2F)c(F)c1F. The van der Waals surface area contributed by atoms with Crippen LogP contribution < -0.4 is 4.74 Å². The first-order chi connectivity index (χ1) is 13.0. The Hall–Kier alpha value is -2.05. The van der Waals surface area contributed by atoms with E-state index in [1.165, 1.54) is 24.3 Å². The minimum atomic E-state index is -1.11. The lowest BCUT2D eigenvalue weighted by molar-refractivity contribution is -0.150. The van der Waals surface area contributed by atoms with Crippen LogP contribution >= 0.6 is 0 Å². The highest BCUT2D eigenvalue weighted by atomic mass is 19.2.